The summed E-state index contributed by atoms with van der Waals surface area (Å²) in [6, 6.07) is 13.8. The monoisotopic (exact) mass is 544 g/mol. The number of nitriles is 1. The lowest BCUT2D eigenvalue weighted by atomic mass is 9.83. The Labute approximate surface area is 196 Å². The number of rotatable bonds is 5. The third-order valence-electron chi connectivity index (χ3n) is 4.97. The first kappa shape index (κ1) is 21.3. The summed E-state index contributed by atoms with van der Waals surface area (Å²) in [5.41, 5.74) is 9.55. The molecule has 0 fully saturated rings. The zero-order chi connectivity index (χ0) is 22.1. The maximum absolute atomic E-state index is 9.97. The van der Waals surface area contributed by atoms with Gasteiger partial charge in [-0.3, -0.25) is 5.10 Å². The van der Waals surface area contributed by atoms with Crippen molar-refractivity contribution in [2.45, 2.75) is 12.8 Å². The van der Waals surface area contributed by atoms with E-state index in [4.69, 9.17) is 19.9 Å². The molecule has 0 radical (unpaired) electrons. The molecule has 0 saturated heterocycles. The van der Waals surface area contributed by atoms with Gasteiger partial charge in [0.25, 0.3) is 0 Å². The number of allylic oxidation sites excluding steroid dienone is 1. The topological polar surface area (TPSA) is 106 Å². The molecule has 31 heavy (non-hydrogen) atoms. The fourth-order valence-corrected chi connectivity index (χ4v) is 4.76. The SMILES string of the molecule is CCOc1cc(C2C(C#N)=C(N)Oc3n[nH]c(-c4ccccc4)c32)c(Br)c(Br)c1OC. The first-order valence-corrected chi connectivity index (χ1v) is 11.0. The minimum atomic E-state index is -0.543. The van der Waals surface area contributed by atoms with E-state index in [1.807, 2.05) is 43.3 Å². The summed E-state index contributed by atoms with van der Waals surface area (Å²) < 4.78 is 18.4. The lowest BCUT2D eigenvalue weighted by Gasteiger charge is -2.26. The van der Waals surface area contributed by atoms with Crippen molar-refractivity contribution in [1.29, 1.82) is 5.26 Å². The van der Waals surface area contributed by atoms with Gasteiger partial charge in [0.2, 0.25) is 11.8 Å². The highest BCUT2D eigenvalue weighted by atomic mass is 79.9. The molecule has 3 N–H and O–H groups in total. The molecular formula is C22H18Br2N4O3. The summed E-state index contributed by atoms with van der Waals surface area (Å²) in [7, 11) is 1.57. The molecule has 0 amide bonds. The summed E-state index contributed by atoms with van der Waals surface area (Å²) in [5, 5.41) is 17.3. The smallest absolute Gasteiger partial charge is 0.244 e. The van der Waals surface area contributed by atoms with E-state index < -0.39 is 5.92 Å². The van der Waals surface area contributed by atoms with Crippen LogP contribution in [0.5, 0.6) is 17.4 Å². The highest BCUT2D eigenvalue weighted by molar-refractivity contribution is 9.13. The Morgan fingerprint density at radius 2 is 2.00 bits per heavy atom. The Morgan fingerprint density at radius 3 is 2.65 bits per heavy atom. The maximum Gasteiger partial charge on any atom is 0.244 e. The second kappa shape index (κ2) is 8.65. The van der Waals surface area contributed by atoms with Gasteiger partial charge in [-0.25, -0.2) is 0 Å². The lowest BCUT2D eigenvalue weighted by molar-refractivity contribution is 0.309. The van der Waals surface area contributed by atoms with Crippen LogP contribution in [0.25, 0.3) is 11.3 Å². The van der Waals surface area contributed by atoms with E-state index in [2.05, 4.69) is 48.1 Å². The van der Waals surface area contributed by atoms with E-state index in [9.17, 15) is 5.26 Å². The fourth-order valence-electron chi connectivity index (χ4n) is 3.65. The number of halogens is 2. The number of nitrogens with two attached hydrogens (primary N) is 1. The van der Waals surface area contributed by atoms with Gasteiger partial charge < -0.3 is 19.9 Å². The molecular weight excluding hydrogens is 528 g/mol. The van der Waals surface area contributed by atoms with Crippen molar-refractivity contribution in [2.24, 2.45) is 5.73 Å². The lowest BCUT2D eigenvalue weighted by Crippen LogP contribution is -2.21. The fraction of sp³-hybridized carbons (Fsp3) is 0.182. The number of hydrogen-bond acceptors (Lipinski definition) is 6. The molecule has 0 bridgehead atoms. The van der Waals surface area contributed by atoms with Crippen LogP contribution in [0.3, 0.4) is 0 Å². The van der Waals surface area contributed by atoms with Crippen LogP contribution in [-0.4, -0.2) is 23.9 Å². The predicted octanol–water partition coefficient (Wildman–Crippen LogP) is 5.23. The molecule has 1 aliphatic rings. The van der Waals surface area contributed by atoms with Gasteiger partial charge >= 0.3 is 0 Å². The van der Waals surface area contributed by atoms with Crippen LogP contribution >= 0.6 is 31.9 Å². The van der Waals surface area contributed by atoms with E-state index in [1.165, 1.54) is 0 Å². The van der Waals surface area contributed by atoms with Crippen LogP contribution in [0.1, 0.15) is 24.0 Å². The number of fused-ring (bicyclic) bond motifs is 1. The molecule has 0 saturated carbocycles. The van der Waals surface area contributed by atoms with Crippen molar-refractivity contribution >= 4 is 31.9 Å². The average Bonchev–Trinajstić information content (AvgIpc) is 3.19. The number of hydrogen-bond donors (Lipinski definition) is 2. The third-order valence-corrected chi connectivity index (χ3v) is 7.12. The van der Waals surface area contributed by atoms with E-state index in [-0.39, 0.29) is 11.5 Å². The van der Waals surface area contributed by atoms with Crippen molar-refractivity contribution in [1.82, 2.24) is 10.2 Å². The average molecular weight is 546 g/mol. The van der Waals surface area contributed by atoms with Crippen LogP contribution in [0.4, 0.5) is 0 Å². The Hall–Kier alpha value is -2.96. The minimum absolute atomic E-state index is 0.0166. The van der Waals surface area contributed by atoms with Gasteiger partial charge in [0.15, 0.2) is 11.5 Å². The molecule has 1 atom stereocenters. The molecule has 2 aromatic carbocycles. The summed E-state index contributed by atoms with van der Waals surface area (Å²) in [4.78, 5) is 0. The van der Waals surface area contributed by atoms with Crippen molar-refractivity contribution in [3.8, 4) is 34.7 Å². The number of ether oxygens (including phenoxy) is 3. The third kappa shape index (κ3) is 3.56. The Kier molecular flexibility index (Phi) is 5.94. The van der Waals surface area contributed by atoms with Crippen molar-refractivity contribution < 1.29 is 14.2 Å². The van der Waals surface area contributed by atoms with Crippen LogP contribution in [-0.2, 0) is 0 Å². The molecule has 0 spiro atoms. The van der Waals surface area contributed by atoms with Crippen molar-refractivity contribution in [3.05, 3.63) is 67.9 Å². The predicted molar refractivity (Wildman–Crippen MR) is 123 cm³/mol. The van der Waals surface area contributed by atoms with E-state index in [1.54, 1.807) is 7.11 Å². The van der Waals surface area contributed by atoms with E-state index >= 15 is 0 Å². The number of aromatic nitrogens is 2. The van der Waals surface area contributed by atoms with Gasteiger partial charge in [-0.2, -0.15) is 5.26 Å². The summed E-state index contributed by atoms with van der Waals surface area (Å²) in [6.07, 6.45) is 0. The largest absolute Gasteiger partial charge is 0.492 e. The number of aromatic amines is 1. The van der Waals surface area contributed by atoms with Crippen molar-refractivity contribution in [3.63, 3.8) is 0 Å². The Bertz CT molecular complexity index is 1220. The maximum atomic E-state index is 9.97. The zero-order valence-corrected chi connectivity index (χ0v) is 19.9. The Balaban J connectivity index is 2.01. The Morgan fingerprint density at radius 1 is 1.26 bits per heavy atom. The van der Waals surface area contributed by atoms with Crippen molar-refractivity contribution in [2.75, 3.05) is 13.7 Å². The molecule has 1 aliphatic heterocycles. The number of H-pyrrole nitrogens is 1. The van der Waals surface area contributed by atoms with Crippen LogP contribution in [0.2, 0.25) is 0 Å². The zero-order valence-electron chi connectivity index (χ0n) is 16.7. The quantitative estimate of drug-likeness (QED) is 0.455. The molecule has 7 nitrogen and oxygen atoms in total. The number of benzene rings is 2. The van der Waals surface area contributed by atoms with Crippen LogP contribution in [0.15, 0.2) is 56.8 Å². The summed E-state index contributed by atoms with van der Waals surface area (Å²) in [5.74, 6) is 0.901. The molecule has 0 aliphatic carbocycles. The van der Waals surface area contributed by atoms with Gasteiger partial charge in [-0.1, -0.05) is 30.3 Å². The van der Waals surface area contributed by atoms with E-state index in [0.29, 0.717) is 32.9 Å². The van der Waals surface area contributed by atoms with Gasteiger partial charge in [-0.15, -0.1) is 5.10 Å². The van der Waals surface area contributed by atoms with Gasteiger partial charge in [0.05, 0.1) is 35.4 Å². The first-order valence-electron chi connectivity index (χ1n) is 9.41. The standard InChI is InChI=1S/C22H18Br2N4O3/c1-3-30-14-9-12(17(23)18(24)20(14)29-2)15-13(10-25)21(26)31-22-16(15)19(27-28-22)11-7-5-4-6-8-11/h4-9,15H,3,26H2,1-2H3,(H,27,28). The number of nitrogens with zero attached hydrogens (tertiary/aromatic N) is 2. The highest BCUT2D eigenvalue weighted by Crippen LogP contribution is 2.51. The highest BCUT2D eigenvalue weighted by Gasteiger charge is 2.38. The van der Waals surface area contributed by atoms with Crippen LogP contribution < -0.4 is 19.9 Å². The number of nitrogens with one attached hydrogen (secondary N) is 1. The van der Waals surface area contributed by atoms with E-state index in [0.717, 1.165) is 22.4 Å². The second-order valence-corrected chi connectivity index (χ2v) is 8.25. The molecule has 158 valence electrons. The summed E-state index contributed by atoms with van der Waals surface area (Å²) >= 11 is 7.26. The number of methoxy groups -OCH3 is 1. The molecule has 4 rings (SSSR count). The molecule has 1 unspecified atom stereocenters. The molecule has 9 heteroatoms. The molecule has 1 aromatic heterocycles. The molecule has 2 heterocycles. The van der Waals surface area contributed by atoms with Gasteiger partial charge in [-0.05, 0) is 56.0 Å². The first-order chi connectivity index (χ1) is 15.0. The van der Waals surface area contributed by atoms with Crippen LogP contribution in [0, 0.1) is 11.3 Å². The normalized spacial score (nSPS) is 15.1. The molecule has 3 aromatic rings. The summed E-state index contributed by atoms with van der Waals surface area (Å²) in [6.45, 7) is 2.34. The second-order valence-electron chi connectivity index (χ2n) is 6.67. The van der Waals surface area contributed by atoms with Gasteiger partial charge in [0, 0.05) is 4.47 Å². The minimum Gasteiger partial charge on any atom is -0.492 e. The van der Waals surface area contributed by atoms with Gasteiger partial charge in [0.1, 0.15) is 11.6 Å².